The second-order valence-electron chi connectivity index (χ2n) is 6.30. The first-order chi connectivity index (χ1) is 10.2. The maximum absolute atomic E-state index is 4.95. The van der Waals surface area contributed by atoms with Gasteiger partial charge < -0.3 is 4.90 Å². The third-order valence-corrected chi connectivity index (χ3v) is 6.59. The summed E-state index contributed by atoms with van der Waals surface area (Å²) in [6.07, 6.45) is 5.33. The number of piperidine rings is 1. The van der Waals surface area contributed by atoms with Gasteiger partial charge in [0.05, 0.1) is 10.7 Å². The molecule has 21 heavy (non-hydrogen) atoms. The fourth-order valence-electron chi connectivity index (χ4n) is 3.87. The van der Waals surface area contributed by atoms with Crippen molar-refractivity contribution in [2.45, 2.75) is 43.7 Å². The summed E-state index contributed by atoms with van der Waals surface area (Å²) < 4.78 is 1.12. The summed E-state index contributed by atoms with van der Waals surface area (Å²) in [5.41, 5.74) is 2.34. The lowest BCUT2D eigenvalue weighted by Gasteiger charge is -2.35. The Morgan fingerprint density at radius 1 is 1.24 bits per heavy atom. The average molecular weight is 363 g/mol. The highest BCUT2D eigenvalue weighted by Crippen LogP contribution is 2.43. The van der Waals surface area contributed by atoms with E-state index in [1.807, 2.05) is 11.3 Å². The van der Waals surface area contributed by atoms with Gasteiger partial charge in [-0.25, -0.2) is 4.98 Å². The van der Waals surface area contributed by atoms with E-state index in [4.69, 9.17) is 4.98 Å². The molecule has 4 heteroatoms. The molecular formula is C17H19BrN2S. The van der Waals surface area contributed by atoms with Crippen LogP contribution in [-0.2, 0) is 0 Å². The summed E-state index contributed by atoms with van der Waals surface area (Å²) >= 11 is 5.39. The zero-order chi connectivity index (χ0) is 14.4. The first-order valence-electron chi connectivity index (χ1n) is 7.64. The molecule has 2 fully saturated rings. The van der Waals surface area contributed by atoms with E-state index >= 15 is 0 Å². The van der Waals surface area contributed by atoms with Crippen LogP contribution >= 0.6 is 27.3 Å². The molecule has 2 bridgehead atoms. The van der Waals surface area contributed by atoms with Gasteiger partial charge in [-0.15, -0.1) is 11.3 Å². The van der Waals surface area contributed by atoms with E-state index in [9.17, 15) is 0 Å². The van der Waals surface area contributed by atoms with Crippen LogP contribution in [0.5, 0.6) is 0 Å². The lowest BCUT2D eigenvalue weighted by Crippen LogP contribution is -2.39. The molecule has 2 atom stereocenters. The summed E-state index contributed by atoms with van der Waals surface area (Å²) in [6, 6.07) is 10.00. The van der Waals surface area contributed by atoms with Crippen LogP contribution in [-0.4, -0.2) is 29.0 Å². The highest BCUT2D eigenvalue weighted by Gasteiger charge is 2.39. The van der Waals surface area contributed by atoms with E-state index < -0.39 is 0 Å². The van der Waals surface area contributed by atoms with Gasteiger partial charge in [0, 0.05) is 33.4 Å². The Labute approximate surface area is 138 Å². The molecule has 1 aromatic heterocycles. The maximum atomic E-state index is 4.95. The first-order valence-corrected chi connectivity index (χ1v) is 9.31. The molecule has 2 unspecified atom stereocenters. The molecule has 1 aromatic carbocycles. The molecule has 0 saturated carbocycles. The Bertz CT molecular complexity index is 640. The van der Waals surface area contributed by atoms with Gasteiger partial charge in [-0.2, -0.15) is 0 Å². The standard InChI is InChI=1S/C17H19BrN2S/c1-20-14-5-6-15(20)9-12(8-14)17-19-16(10-21-17)11-3-2-4-13(18)7-11/h2-4,7,10,12,14-15H,5-6,8-9H2,1H3. The fourth-order valence-corrected chi connectivity index (χ4v) is 5.23. The van der Waals surface area contributed by atoms with Crippen LogP contribution in [0.2, 0.25) is 0 Å². The number of fused-ring (bicyclic) bond motifs is 2. The summed E-state index contributed by atoms with van der Waals surface area (Å²) in [5, 5.41) is 3.56. The molecule has 110 valence electrons. The number of hydrogen-bond donors (Lipinski definition) is 0. The van der Waals surface area contributed by atoms with Crippen LogP contribution in [0.15, 0.2) is 34.1 Å². The minimum atomic E-state index is 0.671. The molecule has 4 rings (SSSR count). The Morgan fingerprint density at radius 3 is 2.71 bits per heavy atom. The minimum absolute atomic E-state index is 0.671. The topological polar surface area (TPSA) is 16.1 Å². The Morgan fingerprint density at radius 2 is 2.00 bits per heavy atom. The van der Waals surface area contributed by atoms with Gasteiger partial charge in [-0.1, -0.05) is 28.1 Å². The molecule has 2 aliphatic rings. The van der Waals surface area contributed by atoms with Crippen molar-refractivity contribution in [1.29, 1.82) is 0 Å². The number of aromatic nitrogens is 1. The summed E-state index contributed by atoms with van der Waals surface area (Å²) in [7, 11) is 2.30. The number of halogens is 1. The second-order valence-corrected chi connectivity index (χ2v) is 8.11. The molecule has 3 heterocycles. The van der Waals surface area contributed by atoms with Gasteiger partial charge >= 0.3 is 0 Å². The van der Waals surface area contributed by atoms with Crippen molar-refractivity contribution in [3.05, 3.63) is 39.1 Å². The predicted octanol–water partition coefficient (Wildman–Crippen LogP) is 4.91. The predicted molar refractivity (Wildman–Crippen MR) is 91.8 cm³/mol. The number of benzene rings is 1. The van der Waals surface area contributed by atoms with Crippen LogP contribution in [0.1, 0.15) is 36.6 Å². The molecule has 0 spiro atoms. The smallest absolute Gasteiger partial charge is 0.0964 e. The van der Waals surface area contributed by atoms with Gasteiger partial charge in [0.25, 0.3) is 0 Å². The third kappa shape index (κ3) is 2.58. The Kier molecular flexibility index (Phi) is 3.64. The Hall–Kier alpha value is -0.710. The fraction of sp³-hybridized carbons (Fsp3) is 0.471. The van der Waals surface area contributed by atoms with E-state index in [2.05, 4.69) is 57.5 Å². The van der Waals surface area contributed by atoms with E-state index in [1.165, 1.54) is 36.3 Å². The highest BCUT2D eigenvalue weighted by atomic mass is 79.9. The maximum Gasteiger partial charge on any atom is 0.0964 e. The SMILES string of the molecule is CN1C2CCC1CC(c1nc(-c3cccc(Br)c3)cs1)C2. The third-order valence-electron chi connectivity index (χ3n) is 5.09. The lowest BCUT2D eigenvalue weighted by molar-refractivity contribution is 0.161. The number of rotatable bonds is 2. The van der Waals surface area contributed by atoms with E-state index in [-0.39, 0.29) is 0 Å². The van der Waals surface area contributed by atoms with Gasteiger partial charge in [0.2, 0.25) is 0 Å². The molecule has 0 aliphatic carbocycles. The largest absolute Gasteiger partial charge is 0.300 e. The van der Waals surface area contributed by atoms with Crippen LogP contribution in [0.3, 0.4) is 0 Å². The molecule has 0 radical (unpaired) electrons. The quantitative estimate of drug-likeness (QED) is 0.754. The molecule has 2 aliphatic heterocycles. The zero-order valence-electron chi connectivity index (χ0n) is 12.1. The lowest BCUT2D eigenvalue weighted by atomic mass is 9.91. The van der Waals surface area contributed by atoms with Crippen molar-refractivity contribution >= 4 is 27.3 Å². The van der Waals surface area contributed by atoms with E-state index in [0.717, 1.165) is 22.3 Å². The van der Waals surface area contributed by atoms with Crippen LogP contribution in [0.4, 0.5) is 0 Å². The van der Waals surface area contributed by atoms with Crippen molar-refractivity contribution < 1.29 is 0 Å². The molecular weight excluding hydrogens is 344 g/mol. The van der Waals surface area contributed by atoms with Crippen molar-refractivity contribution in [1.82, 2.24) is 9.88 Å². The molecule has 2 aromatic rings. The van der Waals surface area contributed by atoms with Crippen molar-refractivity contribution in [2.24, 2.45) is 0 Å². The van der Waals surface area contributed by atoms with Crippen LogP contribution in [0, 0.1) is 0 Å². The van der Waals surface area contributed by atoms with Gasteiger partial charge in [-0.05, 0) is 44.9 Å². The summed E-state index contributed by atoms with van der Waals surface area (Å²) in [6.45, 7) is 0. The van der Waals surface area contributed by atoms with Crippen LogP contribution < -0.4 is 0 Å². The molecule has 0 amide bonds. The zero-order valence-corrected chi connectivity index (χ0v) is 14.5. The normalized spacial score (nSPS) is 29.0. The van der Waals surface area contributed by atoms with Gasteiger partial charge in [-0.3, -0.25) is 0 Å². The number of hydrogen-bond acceptors (Lipinski definition) is 3. The van der Waals surface area contributed by atoms with Crippen LogP contribution in [0.25, 0.3) is 11.3 Å². The van der Waals surface area contributed by atoms with Gasteiger partial charge in [0.1, 0.15) is 0 Å². The summed E-state index contributed by atoms with van der Waals surface area (Å²) in [5.74, 6) is 0.671. The number of nitrogens with zero attached hydrogens (tertiary/aromatic N) is 2. The first kappa shape index (κ1) is 13.9. The Balaban J connectivity index is 1.58. The molecule has 2 nitrogen and oxygen atoms in total. The average Bonchev–Trinajstić information content (AvgIpc) is 3.02. The van der Waals surface area contributed by atoms with Crippen molar-refractivity contribution in [3.63, 3.8) is 0 Å². The van der Waals surface area contributed by atoms with Gasteiger partial charge in [0.15, 0.2) is 0 Å². The number of thiazole rings is 1. The van der Waals surface area contributed by atoms with E-state index in [0.29, 0.717) is 5.92 Å². The van der Waals surface area contributed by atoms with Crippen molar-refractivity contribution in [3.8, 4) is 11.3 Å². The van der Waals surface area contributed by atoms with Crippen molar-refractivity contribution in [2.75, 3.05) is 7.05 Å². The minimum Gasteiger partial charge on any atom is -0.300 e. The monoisotopic (exact) mass is 362 g/mol. The highest BCUT2D eigenvalue weighted by molar-refractivity contribution is 9.10. The second kappa shape index (κ2) is 5.49. The summed E-state index contributed by atoms with van der Waals surface area (Å²) in [4.78, 5) is 7.54. The molecule has 2 saturated heterocycles. The van der Waals surface area contributed by atoms with E-state index in [1.54, 1.807) is 0 Å². The molecule has 0 N–H and O–H groups in total.